The minimum atomic E-state index is 0.230. The largest absolute Gasteiger partial charge is 0.494 e. The number of hydrogen-bond donors (Lipinski definition) is 0. The molecule has 0 heterocycles. The lowest BCUT2D eigenvalue weighted by atomic mass is 10.1. The van der Waals surface area contributed by atoms with E-state index in [1.165, 1.54) is 64.2 Å². The van der Waals surface area contributed by atoms with Gasteiger partial charge in [0.05, 0.1) is 6.61 Å². The molecule has 0 aromatic heterocycles. The van der Waals surface area contributed by atoms with Crippen molar-refractivity contribution in [2.45, 2.75) is 97.3 Å². The lowest BCUT2D eigenvalue weighted by molar-refractivity contribution is -0.114. The van der Waals surface area contributed by atoms with Crippen molar-refractivity contribution in [3.8, 4) is 5.75 Å². The number of ketones is 1. The van der Waals surface area contributed by atoms with E-state index in [2.05, 4.69) is 13.8 Å². The molecule has 1 aromatic carbocycles. The van der Waals surface area contributed by atoms with Gasteiger partial charge in [-0.25, -0.2) is 0 Å². The maximum Gasteiger partial charge on any atom is 0.155 e. The molecule has 27 heavy (non-hydrogen) atoms. The van der Waals surface area contributed by atoms with Gasteiger partial charge in [0.1, 0.15) is 5.75 Å². The van der Waals surface area contributed by atoms with E-state index in [1.54, 1.807) is 6.08 Å². The summed E-state index contributed by atoms with van der Waals surface area (Å²) in [5, 5.41) is 0. The summed E-state index contributed by atoms with van der Waals surface area (Å²) in [6.07, 6.45) is 19.3. The molecule has 0 N–H and O–H groups in total. The van der Waals surface area contributed by atoms with Crippen molar-refractivity contribution in [2.75, 3.05) is 6.61 Å². The lowest BCUT2D eigenvalue weighted by Crippen LogP contribution is -1.97. The second kappa shape index (κ2) is 16.6. The van der Waals surface area contributed by atoms with Crippen LogP contribution in [0.3, 0.4) is 0 Å². The van der Waals surface area contributed by atoms with Crippen molar-refractivity contribution in [3.63, 3.8) is 0 Å². The van der Waals surface area contributed by atoms with E-state index >= 15 is 0 Å². The first-order valence-corrected chi connectivity index (χ1v) is 11.2. The maximum atomic E-state index is 11.9. The average Bonchev–Trinajstić information content (AvgIpc) is 2.69. The fraction of sp³-hybridized carbons (Fsp3) is 0.640. The Morgan fingerprint density at radius 1 is 0.778 bits per heavy atom. The van der Waals surface area contributed by atoms with E-state index in [0.717, 1.165) is 30.8 Å². The molecular weight excluding hydrogens is 332 g/mol. The Bertz CT molecular complexity index is 502. The highest BCUT2D eigenvalue weighted by Gasteiger charge is 1.98. The molecule has 1 rings (SSSR count). The SMILES string of the molecule is CCCCCCCCOc1ccc(/C=C/C(=O)CCCCCCCC)cc1. The molecule has 0 aliphatic carbocycles. The molecule has 0 amide bonds. The number of unbranched alkanes of at least 4 members (excludes halogenated alkanes) is 10. The smallest absolute Gasteiger partial charge is 0.155 e. The van der Waals surface area contributed by atoms with Crippen molar-refractivity contribution >= 4 is 11.9 Å². The van der Waals surface area contributed by atoms with Crippen molar-refractivity contribution in [1.29, 1.82) is 0 Å². The average molecular weight is 373 g/mol. The zero-order chi connectivity index (χ0) is 19.6. The molecule has 1 aromatic rings. The van der Waals surface area contributed by atoms with Crippen LogP contribution in [0.5, 0.6) is 5.75 Å². The first-order valence-electron chi connectivity index (χ1n) is 11.2. The van der Waals surface area contributed by atoms with Gasteiger partial charge in [-0.05, 0) is 36.6 Å². The molecule has 0 saturated heterocycles. The van der Waals surface area contributed by atoms with Crippen molar-refractivity contribution in [3.05, 3.63) is 35.9 Å². The molecule has 0 unspecified atom stereocenters. The van der Waals surface area contributed by atoms with Gasteiger partial charge < -0.3 is 4.74 Å². The number of ether oxygens (including phenoxy) is 1. The van der Waals surface area contributed by atoms with Crippen LogP contribution < -0.4 is 4.74 Å². The van der Waals surface area contributed by atoms with Crippen LogP contribution in [0, 0.1) is 0 Å². The number of rotatable bonds is 17. The Morgan fingerprint density at radius 3 is 1.96 bits per heavy atom. The quantitative estimate of drug-likeness (QED) is 0.206. The van der Waals surface area contributed by atoms with Crippen LogP contribution in [0.25, 0.3) is 6.08 Å². The summed E-state index contributed by atoms with van der Waals surface area (Å²) in [7, 11) is 0. The standard InChI is InChI=1S/C25H40O2/c1-3-5-7-9-11-13-15-24(26)19-16-23-17-20-25(21-18-23)27-22-14-12-10-8-6-4-2/h16-21H,3-15,22H2,1-2H3/b19-16+. The van der Waals surface area contributed by atoms with Crippen LogP contribution in [0.15, 0.2) is 30.3 Å². The van der Waals surface area contributed by atoms with Gasteiger partial charge in [0.2, 0.25) is 0 Å². The third kappa shape index (κ3) is 13.3. The summed E-state index contributed by atoms with van der Waals surface area (Å²) in [6, 6.07) is 8.03. The van der Waals surface area contributed by atoms with Gasteiger partial charge in [0.25, 0.3) is 0 Å². The van der Waals surface area contributed by atoms with Crippen LogP contribution in [0.2, 0.25) is 0 Å². The highest BCUT2D eigenvalue weighted by atomic mass is 16.5. The van der Waals surface area contributed by atoms with Gasteiger partial charge in [0, 0.05) is 6.42 Å². The fourth-order valence-corrected chi connectivity index (χ4v) is 3.10. The second-order valence-corrected chi connectivity index (χ2v) is 7.50. The van der Waals surface area contributed by atoms with Gasteiger partial charge in [-0.1, -0.05) is 96.3 Å². The first kappa shape index (κ1) is 23.5. The molecule has 0 saturated carbocycles. The Hall–Kier alpha value is -1.57. The third-order valence-corrected chi connectivity index (χ3v) is 4.89. The van der Waals surface area contributed by atoms with E-state index in [-0.39, 0.29) is 5.78 Å². The summed E-state index contributed by atoms with van der Waals surface area (Å²) in [5.74, 6) is 1.15. The third-order valence-electron chi connectivity index (χ3n) is 4.89. The summed E-state index contributed by atoms with van der Waals surface area (Å²) in [5.41, 5.74) is 1.05. The molecule has 0 bridgehead atoms. The Kier molecular flexibility index (Phi) is 14.4. The van der Waals surface area contributed by atoms with E-state index in [9.17, 15) is 4.79 Å². The lowest BCUT2D eigenvalue weighted by Gasteiger charge is -2.06. The molecule has 2 heteroatoms. The number of carbonyl (C=O) groups is 1. The number of allylic oxidation sites excluding steroid dienone is 1. The highest BCUT2D eigenvalue weighted by Crippen LogP contribution is 2.15. The van der Waals surface area contributed by atoms with Gasteiger partial charge >= 0.3 is 0 Å². The summed E-state index contributed by atoms with van der Waals surface area (Å²) in [6.45, 7) is 5.26. The van der Waals surface area contributed by atoms with Gasteiger partial charge in [-0.15, -0.1) is 0 Å². The highest BCUT2D eigenvalue weighted by molar-refractivity contribution is 5.93. The van der Waals surface area contributed by atoms with Crippen molar-refractivity contribution < 1.29 is 9.53 Å². The zero-order valence-corrected chi connectivity index (χ0v) is 17.7. The first-order chi connectivity index (χ1) is 13.3. The van der Waals surface area contributed by atoms with Crippen LogP contribution in [0.1, 0.15) is 103 Å². The number of hydrogen-bond acceptors (Lipinski definition) is 2. The van der Waals surface area contributed by atoms with E-state index in [4.69, 9.17) is 4.74 Å². The van der Waals surface area contributed by atoms with Gasteiger partial charge in [-0.3, -0.25) is 4.79 Å². The molecule has 0 aliphatic heterocycles. The van der Waals surface area contributed by atoms with Crippen LogP contribution in [-0.2, 0) is 4.79 Å². The van der Waals surface area contributed by atoms with Gasteiger partial charge in [-0.2, -0.15) is 0 Å². The molecule has 0 aliphatic rings. The molecule has 0 atom stereocenters. The normalized spacial score (nSPS) is 11.2. The van der Waals surface area contributed by atoms with E-state index in [0.29, 0.717) is 6.42 Å². The monoisotopic (exact) mass is 372 g/mol. The Labute approximate surface area is 167 Å². The molecular formula is C25H40O2. The Balaban J connectivity index is 2.15. The van der Waals surface area contributed by atoms with Crippen LogP contribution in [0.4, 0.5) is 0 Å². The maximum absolute atomic E-state index is 11.9. The molecule has 0 fully saturated rings. The van der Waals surface area contributed by atoms with E-state index in [1.807, 2.05) is 30.3 Å². The predicted molar refractivity (Wildman–Crippen MR) is 117 cm³/mol. The van der Waals surface area contributed by atoms with Crippen molar-refractivity contribution in [1.82, 2.24) is 0 Å². The fourth-order valence-electron chi connectivity index (χ4n) is 3.10. The topological polar surface area (TPSA) is 26.3 Å². The van der Waals surface area contributed by atoms with Gasteiger partial charge in [0.15, 0.2) is 5.78 Å². The number of benzene rings is 1. The van der Waals surface area contributed by atoms with Crippen LogP contribution >= 0.6 is 0 Å². The second-order valence-electron chi connectivity index (χ2n) is 7.50. The van der Waals surface area contributed by atoms with Crippen molar-refractivity contribution in [2.24, 2.45) is 0 Å². The Morgan fingerprint density at radius 2 is 1.33 bits per heavy atom. The molecule has 152 valence electrons. The van der Waals surface area contributed by atoms with E-state index < -0.39 is 0 Å². The summed E-state index contributed by atoms with van der Waals surface area (Å²) < 4.78 is 5.80. The minimum absolute atomic E-state index is 0.230. The number of carbonyl (C=O) groups excluding carboxylic acids is 1. The molecule has 0 radical (unpaired) electrons. The van der Waals surface area contributed by atoms with Crippen LogP contribution in [-0.4, -0.2) is 12.4 Å². The minimum Gasteiger partial charge on any atom is -0.494 e. The predicted octanol–water partition coefficient (Wildman–Crippen LogP) is 7.76. The zero-order valence-electron chi connectivity index (χ0n) is 17.7. The molecule has 0 spiro atoms. The molecule has 2 nitrogen and oxygen atoms in total. The summed E-state index contributed by atoms with van der Waals surface area (Å²) >= 11 is 0. The summed E-state index contributed by atoms with van der Waals surface area (Å²) in [4.78, 5) is 11.9.